The highest BCUT2D eigenvalue weighted by atomic mass is 16.6. The molecule has 0 radical (unpaired) electrons. The summed E-state index contributed by atoms with van der Waals surface area (Å²) >= 11 is 0. The van der Waals surface area contributed by atoms with Gasteiger partial charge in [-0.2, -0.15) is 0 Å². The Morgan fingerprint density at radius 2 is 2.20 bits per heavy atom. The number of hydrogen-bond acceptors (Lipinski definition) is 6. The van der Waals surface area contributed by atoms with Crippen LogP contribution in [0, 0.1) is 5.92 Å². The number of oxime groups is 1. The lowest BCUT2D eigenvalue weighted by molar-refractivity contribution is 0.0107. The maximum absolute atomic E-state index is 11.2. The van der Waals surface area contributed by atoms with E-state index >= 15 is 0 Å². The molecule has 1 aromatic heterocycles. The highest BCUT2D eigenvalue weighted by Crippen LogP contribution is 2.38. The van der Waals surface area contributed by atoms with Gasteiger partial charge >= 0.3 is 0 Å². The molecule has 4 heterocycles. The zero-order chi connectivity index (χ0) is 17.4. The number of rotatable bonds is 4. The largest absolute Gasteiger partial charge is 0.497 e. The van der Waals surface area contributed by atoms with Crippen molar-refractivity contribution in [3.8, 4) is 5.75 Å². The summed E-state index contributed by atoms with van der Waals surface area (Å²) in [6.07, 6.45) is 3.18. The first-order chi connectivity index (χ1) is 12.2. The minimum atomic E-state index is -0.565. The van der Waals surface area contributed by atoms with Crippen LogP contribution in [0.3, 0.4) is 0 Å². The summed E-state index contributed by atoms with van der Waals surface area (Å²) in [6.45, 7) is 1.76. The number of benzene rings is 1. The number of ether oxygens (including phenoxy) is 1. The van der Waals surface area contributed by atoms with Crippen LogP contribution in [0.2, 0.25) is 0 Å². The van der Waals surface area contributed by atoms with Gasteiger partial charge in [0.15, 0.2) is 0 Å². The van der Waals surface area contributed by atoms with E-state index in [1.54, 1.807) is 20.4 Å². The number of pyridine rings is 1. The van der Waals surface area contributed by atoms with Crippen LogP contribution in [0.1, 0.15) is 24.5 Å². The Balaban J connectivity index is 1.67. The van der Waals surface area contributed by atoms with E-state index < -0.39 is 6.10 Å². The third-order valence-corrected chi connectivity index (χ3v) is 5.47. The van der Waals surface area contributed by atoms with Gasteiger partial charge in [-0.15, -0.1) is 0 Å². The van der Waals surface area contributed by atoms with Crippen LogP contribution in [-0.2, 0) is 4.84 Å². The van der Waals surface area contributed by atoms with Gasteiger partial charge in [-0.1, -0.05) is 5.16 Å². The average Bonchev–Trinajstić information content (AvgIpc) is 2.67. The van der Waals surface area contributed by atoms with Crippen molar-refractivity contribution < 1.29 is 14.7 Å². The van der Waals surface area contributed by atoms with E-state index in [1.165, 1.54) is 0 Å². The first kappa shape index (κ1) is 16.3. The summed E-state index contributed by atoms with van der Waals surface area (Å²) in [5.41, 5.74) is 2.88. The van der Waals surface area contributed by atoms with Gasteiger partial charge in [-0.25, -0.2) is 0 Å². The monoisotopic (exact) mass is 341 g/mol. The van der Waals surface area contributed by atoms with Gasteiger partial charge < -0.3 is 14.7 Å². The third kappa shape index (κ3) is 2.85. The summed E-state index contributed by atoms with van der Waals surface area (Å²) in [5.74, 6) is 1.17. The highest BCUT2D eigenvalue weighted by Gasteiger charge is 2.42. The van der Waals surface area contributed by atoms with E-state index in [0.717, 1.165) is 53.9 Å². The minimum Gasteiger partial charge on any atom is -0.497 e. The number of nitrogens with zero attached hydrogens (tertiary/aromatic N) is 3. The molecule has 1 unspecified atom stereocenters. The van der Waals surface area contributed by atoms with Crippen molar-refractivity contribution >= 4 is 16.6 Å². The van der Waals surface area contributed by atoms with Gasteiger partial charge in [-0.3, -0.25) is 9.88 Å². The second kappa shape index (κ2) is 6.61. The van der Waals surface area contributed by atoms with Gasteiger partial charge in [0, 0.05) is 30.1 Å². The fourth-order valence-corrected chi connectivity index (χ4v) is 4.17. The van der Waals surface area contributed by atoms with Crippen LogP contribution < -0.4 is 4.74 Å². The smallest absolute Gasteiger partial charge is 0.119 e. The van der Waals surface area contributed by atoms with Crippen molar-refractivity contribution in [3.63, 3.8) is 0 Å². The number of aliphatic hydroxyl groups is 1. The summed E-state index contributed by atoms with van der Waals surface area (Å²) in [4.78, 5) is 11.7. The second-order valence-corrected chi connectivity index (χ2v) is 6.75. The molecule has 1 aromatic carbocycles. The number of methoxy groups -OCH3 is 1. The summed E-state index contributed by atoms with van der Waals surface area (Å²) < 4.78 is 5.34. The van der Waals surface area contributed by atoms with E-state index in [-0.39, 0.29) is 6.04 Å². The molecule has 0 saturated carbocycles. The molecule has 4 atom stereocenters. The van der Waals surface area contributed by atoms with Gasteiger partial charge in [0.05, 0.1) is 24.4 Å². The lowest BCUT2D eigenvalue weighted by Crippen LogP contribution is -2.55. The topological polar surface area (TPSA) is 67.2 Å². The predicted molar refractivity (Wildman–Crippen MR) is 95.8 cm³/mol. The Hall–Kier alpha value is -2.18. The van der Waals surface area contributed by atoms with E-state index in [1.807, 2.05) is 24.3 Å². The molecule has 3 saturated heterocycles. The molecule has 0 spiro atoms. The summed E-state index contributed by atoms with van der Waals surface area (Å²) in [7, 11) is 3.24. The van der Waals surface area contributed by atoms with E-state index in [2.05, 4.69) is 15.0 Å². The lowest BCUT2D eigenvalue weighted by Gasteiger charge is -2.47. The quantitative estimate of drug-likeness (QED) is 0.865. The zero-order valence-electron chi connectivity index (χ0n) is 14.6. The summed E-state index contributed by atoms with van der Waals surface area (Å²) in [5, 5.41) is 16.3. The van der Waals surface area contributed by atoms with Crippen molar-refractivity contribution in [2.75, 3.05) is 27.3 Å². The number of aromatic nitrogens is 1. The number of aliphatic hydroxyl groups excluding tert-OH is 1. The molecule has 132 valence electrons. The van der Waals surface area contributed by atoms with Crippen molar-refractivity contribution in [3.05, 3.63) is 36.0 Å². The van der Waals surface area contributed by atoms with E-state index in [4.69, 9.17) is 9.57 Å². The molecule has 2 bridgehead atoms. The van der Waals surface area contributed by atoms with Crippen molar-refractivity contribution in [1.82, 2.24) is 9.88 Å². The van der Waals surface area contributed by atoms with Crippen molar-refractivity contribution in [1.29, 1.82) is 0 Å². The molecular weight excluding hydrogens is 318 g/mol. The van der Waals surface area contributed by atoms with Crippen LogP contribution in [-0.4, -0.2) is 54.1 Å². The van der Waals surface area contributed by atoms with Gasteiger partial charge in [0.1, 0.15) is 12.9 Å². The molecular formula is C19H23N3O3. The fraction of sp³-hybridized carbons (Fsp3) is 0.474. The molecule has 25 heavy (non-hydrogen) atoms. The van der Waals surface area contributed by atoms with Crippen LogP contribution in [0.5, 0.6) is 5.75 Å². The van der Waals surface area contributed by atoms with E-state index in [9.17, 15) is 5.11 Å². The Bertz CT molecular complexity index is 808. The minimum absolute atomic E-state index is 0.0892. The first-order valence-corrected chi connectivity index (χ1v) is 8.66. The molecule has 1 N–H and O–H groups in total. The van der Waals surface area contributed by atoms with Crippen molar-refractivity contribution in [2.24, 2.45) is 11.1 Å². The zero-order valence-corrected chi connectivity index (χ0v) is 14.6. The third-order valence-electron chi connectivity index (χ3n) is 5.47. The number of hydrogen-bond donors (Lipinski definition) is 1. The Labute approximate surface area is 147 Å². The molecule has 0 aliphatic carbocycles. The Morgan fingerprint density at radius 3 is 2.92 bits per heavy atom. The van der Waals surface area contributed by atoms with Gasteiger partial charge in [-0.05, 0) is 49.2 Å². The molecule has 2 aromatic rings. The standard InChI is InChI=1S/C19H23N3O3/c1-24-13-3-4-16-15(10-13)14(5-7-20-16)19(23)18-9-12-6-8-22(18)11-17(12)21-25-2/h3-5,7,10,12,18-19,23H,6,8-9,11H2,1-2H3/t12-,18-,19+/m0/s1. The van der Waals surface area contributed by atoms with Crippen molar-refractivity contribution in [2.45, 2.75) is 25.0 Å². The fourth-order valence-electron chi connectivity index (χ4n) is 4.17. The molecule has 3 fully saturated rings. The SMILES string of the molecule is CON=C1CN2CC[C@H]1C[C@H]2[C@H](O)c1ccnc2ccc(OC)cc12. The maximum atomic E-state index is 11.2. The van der Waals surface area contributed by atoms with Crippen LogP contribution in [0.15, 0.2) is 35.6 Å². The molecule has 0 amide bonds. The Morgan fingerprint density at radius 1 is 1.32 bits per heavy atom. The maximum Gasteiger partial charge on any atom is 0.119 e. The normalized spacial score (nSPS) is 28.3. The second-order valence-electron chi connectivity index (χ2n) is 6.75. The van der Waals surface area contributed by atoms with Gasteiger partial charge in [0.25, 0.3) is 0 Å². The Kier molecular flexibility index (Phi) is 4.31. The molecule has 3 aliphatic heterocycles. The molecule has 6 nitrogen and oxygen atoms in total. The number of fused-ring (bicyclic) bond motifs is 4. The first-order valence-electron chi connectivity index (χ1n) is 8.66. The van der Waals surface area contributed by atoms with Crippen LogP contribution in [0.4, 0.5) is 0 Å². The van der Waals surface area contributed by atoms with Crippen LogP contribution >= 0.6 is 0 Å². The molecule has 6 heteroatoms. The van der Waals surface area contributed by atoms with E-state index in [0.29, 0.717) is 5.92 Å². The molecule has 3 aliphatic rings. The van der Waals surface area contributed by atoms with Gasteiger partial charge in [0.2, 0.25) is 0 Å². The molecule has 5 rings (SSSR count). The summed E-state index contributed by atoms with van der Waals surface area (Å²) in [6, 6.07) is 7.78. The predicted octanol–water partition coefficient (Wildman–Crippen LogP) is 2.37. The lowest BCUT2D eigenvalue weighted by atomic mass is 9.78. The highest BCUT2D eigenvalue weighted by molar-refractivity contribution is 5.90. The average molecular weight is 341 g/mol. The number of piperidine rings is 3. The van der Waals surface area contributed by atoms with Crippen LogP contribution in [0.25, 0.3) is 10.9 Å².